The highest BCUT2D eigenvalue weighted by atomic mass is 16.1. The van der Waals surface area contributed by atoms with Gasteiger partial charge in [-0.05, 0) is 44.2 Å². The molecule has 1 fully saturated rings. The summed E-state index contributed by atoms with van der Waals surface area (Å²) in [6.07, 6.45) is 2.76. The van der Waals surface area contributed by atoms with Crippen LogP contribution in [0.2, 0.25) is 0 Å². The lowest BCUT2D eigenvalue weighted by molar-refractivity contribution is 0.0936. The zero-order chi connectivity index (χ0) is 23.8. The van der Waals surface area contributed by atoms with Crippen molar-refractivity contribution in [2.75, 3.05) is 51.1 Å². The van der Waals surface area contributed by atoms with E-state index in [4.69, 9.17) is 0 Å². The Labute approximate surface area is 202 Å². The highest BCUT2D eigenvalue weighted by Crippen LogP contribution is 2.22. The van der Waals surface area contributed by atoms with Crippen molar-refractivity contribution in [1.82, 2.24) is 25.1 Å². The van der Waals surface area contributed by atoms with E-state index in [-0.39, 0.29) is 5.91 Å². The van der Waals surface area contributed by atoms with Crippen LogP contribution in [-0.4, -0.2) is 71.5 Å². The van der Waals surface area contributed by atoms with E-state index in [1.165, 1.54) is 18.5 Å². The Morgan fingerprint density at radius 1 is 0.941 bits per heavy atom. The minimum absolute atomic E-state index is 0.0589. The van der Waals surface area contributed by atoms with Crippen LogP contribution in [0.5, 0.6) is 0 Å². The van der Waals surface area contributed by atoms with E-state index in [2.05, 4.69) is 56.4 Å². The van der Waals surface area contributed by atoms with Crippen LogP contribution < -0.4 is 10.6 Å². The second-order valence-electron chi connectivity index (χ2n) is 8.80. The Balaban J connectivity index is 1.31. The van der Waals surface area contributed by atoms with Gasteiger partial charge in [0.05, 0.1) is 5.69 Å². The lowest BCUT2D eigenvalue weighted by Gasteiger charge is -2.34. The molecule has 7 heteroatoms. The van der Waals surface area contributed by atoms with E-state index >= 15 is 0 Å². The molecule has 0 spiro atoms. The molecule has 0 bridgehead atoms. The number of hydrogen-bond acceptors (Lipinski definition) is 6. The lowest BCUT2D eigenvalue weighted by Crippen LogP contribution is -2.48. The Bertz CT molecular complexity index is 1090. The first-order valence-corrected chi connectivity index (χ1v) is 12.1. The van der Waals surface area contributed by atoms with E-state index in [1.54, 1.807) is 6.33 Å². The number of hydrogen-bond donors (Lipinski definition) is 2. The zero-order valence-electron chi connectivity index (χ0n) is 20.1. The number of benzene rings is 2. The van der Waals surface area contributed by atoms with Crippen molar-refractivity contribution in [3.8, 4) is 11.3 Å². The average Bonchev–Trinajstić information content (AvgIpc) is 2.85. The number of aryl methyl sites for hydroxylation is 1. The second kappa shape index (κ2) is 11.7. The first-order chi connectivity index (χ1) is 16.6. The Hall–Kier alpha value is -3.29. The number of carbonyl (C=O) groups excluding carboxylic acids is 1. The van der Waals surface area contributed by atoms with Gasteiger partial charge in [0.25, 0.3) is 5.91 Å². The van der Waals surface area contributed by atoms with Crippen LogP contribution >= 0.6 is 0 Å². The van der Waals surface area contributed by atoms with Crippen LogP contribution in [0, 0.1) is 6.92 Å². The van der Waals surface area contributed by atoms with Gasteiger partial charge in [-0.2, -0.15) is 0 Å². The monoisotopic (exact) mass is 458 g/mol. The maximum atomic E-state index is 12.7. The summed E-state index contributed by atoms with van der Waals surface area (Å²) in [5.74, 6) is 0.627. The number of rotatable bonds is 9. The highest BCUT2D eigenvalue weighted by molar-refractivity contribution is 5.95. The van der Waals surface area contributed by atoms with Crippen LogP contribution in [0.1, 0.15) is 29.3 Å². The van der Waals surface area contributed by atoms with Crippen molar-refractivity contribution in [3.63, 3.8) is 0 Å². The summed E-state index contributed by atoms with van der Waals surface area (Å²) in [5, 5.41) is 6.36. The second-order valence-corrected chi connectivity index (χ2v) is 8.80. The van der Waals surface area contributed by atoms with Crippen molar-refractivity contribution in [2.24, 2.45) is 0 Å². The van der Waals surface area contributed by atoms with Crippen LogP contribution in [0.4, 0.5) is 11.5 Å². The molecule has 34 heavy (non-hydrogen) atoms. The molecule has 3 aromatic rings. The summed E-state index contributed by atoms with van der Waals surface area (Å²) >= 11 is 0. The number of amides is 1. The molecule has 178 valence electrons. The van der Waals surface area contributed by atoms with Crippen molar-refractivity contribution in [3.05, 3.63) is 72.1 Å². The molecule has 7 nitrogen and oxygen atoms in total. The summed E-state index contributed by atoms with van der Waals surface area (Å²) in [7, 11) is 0. The molecule has 0 atom stereocenters. The summed E-state index contributed by atoms with van der Waals surface area (Å²) in [6, 6.07) is 17.6. The van der Waals surface area contributed by atoms with Gasteiger partial charge in [-0.3, -0.25) is 9.69 Å². The molecule has 0 saturated carbocycles. The van der Waals surface area contributed by atoms with Gasteiger partial charge in [-0.15, -0.1) is 0 Å². The fraction of sp³-hybridized carbons (Fsp3) is 0.370. The van der Waals surface area contributed by atoms with Gasteiger partial charge in [-0.1, -0.05) is 36.8 Å². The molecule has 4 rings (SSSR count). The van der Waals surface area contributed by atoms with Crippen LogP contribution in [0.15, 0.2) is 60.9 Å². The van der Waals surface area contributed by atoms with E-state index in [1.807, 2.05) is 42.5 Å². The van der Waals surface area contributed by atoms with Crippen molar-refractivity contribution in [2.45, 2.75) is 20.3 Å². The summed E-state index contributed by atoms with van der Waals surface area (Å²) < 4.78 is 0. The third-order valence-corrected chi connectivity index (χ3v) is 6.10. The van der Waals surface area contributed by atoms with E-state index < -0.39 is 0 Å². The fourth-order valence-electron chi connectivity index (χ4n) is 4.26. The number of anilines is 2. The average molecular weight is 459 g/mol. The summed E-state index contributed by atoms with van der Waals surface area (Å²) in [4.78, 5) is 26.4. The molecule has 1 aliphatic rings. The van der Waals surface area contributed by atoms with E-state index in [0.29, 0.717) is 17.9 Å². The summed E-state index contributed by atoms with van der Waals surface area (Å²) in [5.41, 5.74) is 4.53. The number of nitrogens with zero attached hydrogens (tertiary/aromatic N) is 4. The predicted molar refractivity (Wildman–Crippen MR) is 137 cm³/mol. The molecule has 2 N–H and O–H groups in total. The summed E-state index contributed by atoms with van der Waals surface area (Å²) in [6.45, 7) is 11.4. The highest BCUT2D eigenvalue weighted by Gasteiger charge is 2.16. The first-order valence-electron chi connectivity index (χ1n) is 12.1. The molecule has 1 aromatic heterocycles. The van der Waals surface area contributed by atoms with E-state index in [9.17, 15) is 4.79 Å². The van der Waals surface area contributed by atoms with Gasteiger partial charge < -0.3 is 15.5 Å². The van der Waals surface area contributed by atoms with Crippen molar-refractivity contribution >= 4 is 17.4 Å². The molecular weight excluding hydrogens is 424 g/mol. The number of carbonyl (C=O) groups is 1. The Morgan fingerprint density at radius 3 is 2.47 bits per heavy atom. The Kier molecular flexibility index (Phi) is 8.22. The van der Waals surface area contributed by atoms with Gasteiger partial charge in [0.2, 0.25) is 0 Å². The molecule has 0 aliphatic carbocycles. The number of piperazine rings is 1. The third kappa shape index (κ3) is 6.62. The molecule has 0 unspecified atom stereocenters. The minimum atomic E-state index is -0.0589. The molecule has 0 radical (unpaired) electrons. The first kappa shape index (κ1) is 23.9. The molecule has 2 heterocycles. The van der Waals surface area contributed by atoms with Crippen molar-refractivity contribution < 1.29 is 4.79 Å². The standard InChI is InChI=1S/C27H34N6O/c1-3-11-32-13-15-33(16-14-32)12-10-28-27(34)23-8-5-9-24(18-23)31-26-19-25(29-20-30-26)22-7-4-6-21(2)17-22/h4-9,17-20H,3,10-16H2,1-2H3,(H,28,34)(H,29,30,31). The van der Waals surface area contributed by atoms with Crippen molar-refractivity contribution in [1.29, 1.82) is 0 Å². The van der Waals surface area contributed by atoms with Gasteiger partial charge in [0.1, 0.15) is 12.1 Å². The maximum Gasteiger partial charge on any atom is 0.251 e. The quantitative estimate of drug-likeness (QED) is 0.506. The van der Waals surface area contributed by atoms with Crippen LogP contribution in [-0.2, 0) is 0 Å². The number of nitrogens with one attached hydrogen (secondary N) is 2. The molecule has 1 saturated heterocycles. The molecular formula is C27H34N6O. The van der Waals surface area contributed by atoms with Gasteiger partial charge >= 0.3 is 0 Å². The molecule has 2 aromatic carbocycles. The topological polar surface area (TPSA) is 73.4 Å². The Morgan fingerprint density at radius 2 is 1.71 bits per heavy atom. The fourth-order valence-corrected chi connectivity index (χ4v) is 4.26. The van der Waals surface area contributed by atoms with Gasteiger partial charge in [0, 0.05) is 62.1 Å². The third-order valence-electron chi connectivity index (χ3n) is 6.10. The predicted octanol–water partition coefficient (Wildman–Crippen LogP) is 3.95. The smallest absolute Gasteiger partial charge is 0.251 e. The van der Waals surface area contributed by atoms with Crippen LogP contribution in [0.3, 0.4) is 0 Å². The maximum absolute atomic E-state index is 12.7. The largest absolute Gasteiger partial charge is 0.351 e. The van der Waals surface area contributed by atoms with E-state index in [0.717, 1.165) is 49.7 Å². The van der Waals surface area contributed by atoms with Gasteiger partial charge in [0.15, 0.2) is 0 Å². The lowest BCUT2D eigenvalue weighted by atomic mass is 10.1. The normalized spacial score (nSPS) is 14.6. The zero-order valence-corrected chi connectivity index (χ0v) is 20.1. The SMILES string of the molecule is CCCN1CCN(CCNC(=O)c2cccc(Nc3cc(-c4cccc(C)c4)ncn3)c2)CC1. The molecule has 1 aliphatic heterocycles. The van der Waals surface area contributed by atoms with Crippen LogP contribution in [0.25, 0.3) is 11.3 Å². The molecule has 1 amide bonds. The minimum Gasteiger partial charge on any atom is -0.351 e. The number of aromatic nitrogens is 2. The van der Waals surface area contributed by atoms with Gasteiger partial charge in [-0.25, -0.2) is 9.97 Å².